The van der Waals surface area contributed by atoms with Crippen LogP contribution in [0.4, 0.5) is 0 Å². The molecule has 2 fully saturated rings. The highest BCUT2D eigenvalue weighted by molar-refractivity contribution is 5.83. The minimum atomic E-state index is -1.45. The van der Waals surface area contributed by atoms with Crippen LogP contribution < -0.4 is 0 Å². The summed E-state index contributed by atoms with van der Waals surface area (Å²) in [5, 5.41) is 28.1. The molecule has 0 unspecified atom stereocenters. The fourth-order valence-electron chi connectivity index (χ4n) is 2.15. The fourth-order valence-corrected chi connectivity index (χ4v) is 2.15. The second kappa shape index (κ2) is 2.94. The van der Waals surface area contributed by atoms with Crippen LogP contribution >= 0.6 is 0 Å². The summed E-state index contributed by atoms with van der Waals surface area (Å²) in [6.07, 6.45) is -2.25. The summed E-state index contributed by atoms with van der Waals surface area (Å²) in [7, 11) is 0. The van der Waals surface area contributed by atoms with Gasteiger partial charge in [-0.05, 0) is 12.8 Å². The zero-order valence-electron chi connectivity index (χ0n) is 7.13. The zero-order chi connectivity index (χ0) is 9.59. The largest absolute Gasteiger partial charge is 0.388 e. The van der Waals surface area contributed by atoms with Gasteiger partial charge in [0.2, 0.25) is 0 Å². The Hall–Kier alpha value is -0.650. The van der Waals surface area contributed by atoms with Crippen LogP contribution in [0.5, 0.6) is 0 Å². The van der Waals surface area contributed by atoms with Crippen molar-refractivity contribution >= 4 is 5.91 Å². The van der Waals surface area contributed by atoms with Crippen LogP contribution in [-0.4, -0.2) is 57.0 Å². The molecule has 0 aromatic rings. The van der Waals surface area contributed by atoms with E-state index in [2.05, 4.69) is 0 Å². The van der Waals surface area contributed by atoms with Crippen LogP contribution in [0.25, 0.3) is 0 Å². The Labute approximate surface area is 75.6 Å². The molecule has 0 aliphatic carbocycles. The topological polar surface area (TPSA) is 81.0 Å². The molecular formula is C8H13NO4. The first-order valence-corrected chi connectivity index (χ1v) is 4.47. The molecule has 0 radical (unpaired) electrons. The van der Waals surface area contributed by atoms with E-state index in [0.29, 0.717) is 13.0 Å². The number of carbonyl (C=O) groups is 1. The van der Waals surface area contributed by atoms with Crippen LogP contribution in [0.1, 0.15) is 12.8 Å². The number of aliphatic hydroxyl groups excluding tert-OH is 3. The van der Waals surface area contributed by atoms with Gasteiger partial charge in [-0.1, -0.05) is 0 Å². The van der Waals surface area contributed by atoms with Crippen LogP contribution in [0, 0.1) is 0 Å². The van der Waals surface area contributed by atoms with Gasteiger partial charge in [0, 0.05) is 6.54 Å². The summed E-state index contributed by atoms with van der Waals surface area (Å²) >= 11 is 0. The van der Waals surface area contributed by atoms with Crippen LogP contribution in [-0.2, 0) is 4.79 Å². The molecule has 0 aromatic carbocycles. The lowest BCUT2D eigenvalue weighted by Gasteiger charge is -2.39. The lowest BCUT2D eigenvalue weighted by molar-refractivity contribution is -0.171. The van der Waals surface area contributed by atoms with E-state index in [1.165, 1.54) is 4.90 Å². The molecule has 0 bridgehead atoms. The lowest BCUT2D eigenvalue weighted by atomic mass is 9.94. The van der Waals surface area contributed by atoms with Crippen LogP contribution in [0.2, 0.25) is 0 Å². The highest BCUT2D eigenvalue weighted by Crippen LogP contribution is 2.28. The van der Waals surface area contributed by atoms with Gasteiger partial charge in [-0.25, -0.2) is 0 Å². The Morgan fingerprint density at radius 3 is 2.62 bits per heavy atom. The van der Waals surface area contributed by atoms with Gasteiger partial charge in [-0.15, -0.1) is 0 Å². The normalized spacial score (nSPS) is 45.2. The zero-order valence-corrected chi connectivity index (χ0v) is 7.13. The van der Waals surface area contributed by atoms with Gasteiger partial charge >= 0.3 is 0 Å². The Bertz CT molecular complexity index is 232. The van der Waals surface area contributed by atoms with E-state index in [9.17, 15) is 20.1 Å². The molecule has 2 saturated heterocycles. The summed E-state index contributed by atoms with van der Waals surface area (Å²) in [4.78, 5) is 12.8. The quantitative estimate of drug-likeness (QED) is 0.412. The van der Waals surface area contributed by atoms with Crippen molar-refractivity contribution in [1.82, 2.24) is 4.90 Å². The first-order valence-electron chi connectivity index (χ1n) is 4.47. The molecule has 5 heteroatoms. The van der Waals surface area contributed by atoms with Crippen LogP contribution in [0.15, 0.2) is 0 Å². The maximum Gasteiger partial charge on any atom is 0.254 e. The molecule has 3 N–H and O–H groups in total. The monoisotopic (exact) mass is 187 g/mol. The highest BCUT2D eigenvalue weighted by Gasteiger charge is 2.48. The molecule has 2 heterocycles. The molecule has 5 nitrogen and oxygen atoms in total. The van der Waals surface area contributed by atoms with Gasteiger partial charge in [-0.3, -0.25) is 4.79 Å². The highest BCUT2D eigenvalue weighted by atomic mass is 16.4. The van der Waals surface area contributed by atoms with Gasteiger partial charge in [0.05, 0.1) is 6.04 Å². The molecule has 13 heavy (non-hydrogen) atoms. The lowest BCUT2D eigenvalue weighted by Crippen LogP contribution is -2.62. The maximum absolute atomic E-state index is 11.4. The summed E-state index contributed by atoms with van der Waals surface area (Å²) in [5.74, 6) is -0.458. The third kappa shape index (κ3) is 1.15. The number of amides is 1. The van der Waals surface area contributed by atoms with E-state index in [0.717, 1.165) is 6.42 Å². The molecule has 0 spiro atoms. The second-order valence-electron chi connectivity index (χ2n) is 3.67. The average molecular weight is 187 g/mol. The molecule has 2 aliphatic heterocycles. The summed E-state index contributed by atoms with van der Waals surface area (Å²) in [6.45, 7) is 0.574. The molecule has 0 aromatic heterocycles. The van der Waals surface area contributed by atoms with E-state index in [4.69, 9.17) is 0 Å². The first-order chi connectivity index (χ1) is 6.13. The van der Waals surface area contributed by atoms with Crippen molar-refractivity contribution in [2.24, 2.45) is 0 Å². The summed E-state index contributed by atoms with van der Waals surface area (Å²) in [5.41, 5.74) is 0. The minimum Gasteiger partial charge on any atom is -0.388 e. The van der Waals surface area contributed by atoms with Crippen LogP contribution in [0.3, 0.4) is 0 Å². The Balaban J connectivity index is 2.24. The second-order valence-corrected chi connectivity index (χ2v) is 3.67. The van der Waals surface area contributed by atoms with Gasteiger partial charge < -0.3 is 20.2 Å². The predicted molar refractivity (Wildman–Crippen MR) is 42.8 cm³/mol. The van der Waals surface area contributed by atoms with E-state index >= 15 is 0 Å². The summed E-state index contributed by atoms with van der Waals surface area (Å²) in [6, 6.07) is -0.300. The molecule has 2 aliphatic rings. The number of rotatable bonds is 0. The fraction of sp³-hybridized carbons (Fsp3) is 0.875. The number of piperidine rings is 1. The summed E-state index contributed by atoms with van der Waals surface area (Å²) < 4.78 is 0. The SMILES string of the molecule is O=C1[C@@H](O)[C@@H](O)[C@H](O)[C@H]2CCCN12. The Morgan fingerprint density at radius 1 is 1.23 bits per heavy atom. The number of hydrogen-bond donors (Lipinski definition) is 3. The van der Waals surface area contributed by atoms with Crippen molar-refractivity contribution in [1.29, 1.82) is 0 Å². The standard InChI is InChI=1S/C8H13NO4/c10-5-4-2-1-3-9(4)8(13)7(12)6(5)11/h4-7,10-12H,1-3H2/t4-,5-,6+,7+/m1/s1. The minimum absolute atomic E-state index is 0.300. The van der Waals surface area contributed by atoms with Crippen molar-refractivity contribution in [3.8, 4) is 0 Å². The number of fused-ring (bicyclic) bond motifs is 1. The van der Waals surface area contributed by atoms with Crippen molar-refractivity contribution < 1.29 is 20.1 Å². The Kier molecular flexibility index (Phi) is 2.02. The average Bonchev–Trinajstić information content (AvgIpc) is 2.59. The first kappa shape index (κ1) is 8.93. The maximum atomic E-state index is 11.4. The van der Waals surface area contributed by atoms with Crippen molar-refractivity contribution in [3.63, 3.8) is 0 Å². The molecule has 4 atom stereocenters. The number of carbonyl (C=O) groups excluding carboxylic acids is 1. The van der Waals surface area contributed by atoms with Gasteiger partial charge in [-0.2, -0.15) is 0 Å². The molecular weight excluding hydrogens is 174 g/mol. The predicted octanol–water partition coefficient (Wildman–Crippen LogP) is -1.93. The van der Waals surface area contributed by atoms with E-state index in [1.54, 1.807) is 0 Å². The van der Waals surface area contributed by atoms with Gasteiger partial charge in [0.25, 0.3) is 5.91 Å². The van der Waals surface area contributed by atoms with Gasteiger partial charge in [0.1, 0.15) is 12.2 Å². The smallest absolute Gasteiger partial charge is 0.254 e. The van der Waals surface area contributed by atoms with Crippen molar-refractivity contribution in [2.45, 2.75) is 37.2 Å². The number of aliphatic hydroxyl groups is 3. The van der Waals surface area contributed by atoms with E-state index < -0.39 is 24.2 Å². The number of nitrogens with zero attached hydrogens (tertiary/aromatic N) is 1. The van der Waals surface area contributed by atoms with Crippen molar-refractivity contribution in [2.75, 3.05) is 6.54 Å². The van der Waals surface area contributed by atoms with E-state index in [-0.39, 0.29) is 6.04 Å². The van der Waals surface area contributed by atoms with E-state index in [1.807, 2.05) is 0 Å². The third-order valence-corrected chi connectivity index (χ3v) is 2.90. The van der Waals surface area contributed by atoms with Gasteiger partial charge in [0.15, 0.2) is 6.10 Å². The third-order valence-electron chi connectivity index (χ3n) is 2.90. The molecule has 1 amide bonds. The number of hydrogen-bond acceptors (Lipinski definition) is 4. The van der Waals surface area contributed by atoms with Crippen molar-refractivity contribution in [3.05, 3.63) is 0 Å². The molecule has 0 saturated carbocycles. The Morgan fingerprint density at radius 2 is 1.92 bits per heavy atom. The molecule has 74 valence electrons. The molecule has 2 rings (SSSR count).